The Morgan fingerprint density at radius 2 is 1.81 bits per heavy atom. The molecule has 170 valence electrons. The standard InChI is InChI=1S/C25H29NO6/c1-3-14-28-23-21(26-17(2)27)25(29-15-18-10-6-4-7-11-18)31-20-16-30-24(32-22(20)23)19-12-8-5-9-13-19/h3-13,20-25H,1,14-16H2,2H3,(H,26,27)/t20?,21-,22+,23+,24?,25-/m0/s1. The lowest BCUT2D eigenvalue weighted by molar-refractivity contribution is -0.349. The highest BCUT2D eigenvalue weighted by Crippen LogP contribution is 2.35. The largest absolute Gasteiger partial charge is 0.369 e. The molecule has 4 rings (SSSR count). The van der Waals surface area contributed by atoms with Crippen LogP contribution in [0.1, 0.15) is 24.3 Å². The van der Waals surface area contributed by atoms with Gasteiger partial charge in [-0.3, -0.25) is 4.79 Å². The summed E-state index contributed by atoms with van der Waals surface area (Å²) in [4.78, 5) is 12.0. The minimum Gasteiger partial charge on any atom is -0.369 e. The predicted molar refractivity (Wildman–Crippen MR) is 117 cm³/mol. The van der Waals surface area contributed by atoms with Crippen molar-refractivity contribution >= 4 is 5.91 Å². The average molecular weight is 440 g/mol. The molecule has 6 atom stereocenters. The van der Waals surface area contributed by atoms with Gasteiger partial charge in [0.1, 0.15) is 24.4 Å². The van der Waals surface area contributed by atoms with E-state index in [1.54, 1.807) is 6.08 Å². The van der Waals surface area contributed by atoms with Crippen molar-refractivity contribution in [2.75, 3.05) is 13.2 Å². The summed E-state index contributed by atoms with van der Waals surface area (Å²) in [5.74, 6) is -0.204. The first-order valence-electron chi connectivity index (χ1n) is 10.8. The number of amides is 1. The zero-order valence-electron chi connectivity index (χ0n) is 18.1. The molecule has 2 heterocycles. The van der Waals surface area contributed by atoms with Gasteiger partial charge in [-0.1, -0.05) is 66.7 Å². The molecular weight excluding hydrogens is 410 g/mol. The molecule has 0 spiro atoms. The van der Waals surface area contributed by atoms with E-state index < -0.39 is 36.9 Å². The molecule has 2 aliphatic rings. The molecule has 1 amide bonds. The van der Waals surface area contributed by atoms with Crippen LogP contribution in [0.2, 0.25) is 0 Å². The van der Waals surface area contributed by atoms with Crippen LogP contribution in [0.4, 0.5) is 0 Å². The smallest absolute Gasteiger partial charge is 0.217 e. The van der Waals surface area contributed by atoms with Gasteiger partial charge in [0.25, 0.3) is 0 Å². The minimum absolute atomic E-state index is 0.204. The molecule has 2 aromatic rings. The predicted octanol–water partition coefficient (Wildman–Crippen LogP) is 3.12. The second kappa shape index (κ2) is 10.8. The molecule has 2 aromatic carbocycles. The first-order chi connectivity index (χ1) is 15.7. The normalized spacial score (nSPS) is 29.7. The quantitative estimate of drug-likeness (QED) is 0.637. The minimum atomic E-state index is -0.726. The molecule has 0 aliphatic carbocycles. The van der Waals surface area contributed by atoms with E-state index in [0.29, 0.717) is 19.8 Å². The van der Waals surface area contributed by atoms with Crippen LogP contribution in [0, 0.1) is 0 Å². The van der Waals surface area contributed by atoms with Crippen LogP contribution in [0.5, 0.6) is 0 Å². The second-order valence-corrected chi connectivity index (χ2v) is 7.83. The van der Waals surface area contributed by atoms with Gasteiger partial charge in [-0.25, -0.2) is 0 Å². The first kappa shape index (κ1) is 22.6. The van der Waals surface area contributed by atoms with Gasteiger partial charge in [0.05, 0.1) is 19.8 Å². The average Bonchev–Trinajstić information content (AvgIpc) is 2.82. The van der Waals surface area contributed by atoms with Crippen LogP contribution in [0.25, 0.3) is 0 Å². The van der Waals surface area contributed by atoms with E-state index in [1.165, 1.54) is 6.92 Å². The summed E-state index contributed by atoms with van der Waals surface area (Å²) >= 11 is 0. The maximum atomic E-state index is 12.0. The highest BCUT2D eigenvalue weighted by molar-refractivity contribution is 5.73. The fourth-order valence-electron chi connectivity index (χ4n) is 4.01. The van der Waals surface area contributed by atoms with Crippen LogP contribution in [0.3, 0.4) is 0 Å². The third kappa shape index (κ3) is 5.43. The van der Waals surface area contributed by atoms with E-state index in [-0.39, 0.29) is 5.91 Å². The van der Waals surface area contributed by atoms with E-state index in [1.807, 2.05) is 60.7 Å². The van der Waals surface area contributed by atoms with E-state index in [0.717, 1.165) is 11.1 Å². The molecule has 2 aliphatic heterocycles. The Hall–Kier alpha value is -2.55. The third-order valence-electron chi connectivity index (χ3n) is 5.44. The number of hydrogen-bond acceptors (Lipinski definition) is 6. The molecule has 0 saturated carbocycles. The van der Waals surface area contributed by atoms with Crippen molar-refractivity contribution in [1.29, 1.82) is 0 Å². The molecule has 32 heavy (non-hydrogen) atoms. The molecule has 2 unspecified atom stereocenters. The highest BCUT2D eigenvalue weighted by Gasteiger charge is 2.51. The summed E-state index contributed by atoms with van der Waals surface area (Å²) in [6.07, 6.45) is -0.973. The van der Waals surface area contributed by atoms with Crippen LogP contribution in [0.15, 0.2) is 73.3 Å². The Labute approximate surface area is 188 Å². The fraction of sp³-hybridized carbons (Fsp3) is 0.400. The van der Waals surface area contributed by atoms with Crippen molar-refractivity contribution in [2.24, 2.45) is 0 Å². The Balaban J connectivity index is 1.55. The summed E-state index contributed by atoms with van der Waals surface area (Å²) in [6.45, 7) is 6.16. The van der Waals surface area contributed by atoms with Crippen molar-refractivity contribution in [3.63, 3.8) is 0 Å². The van der Waals surface area contributed by atoms with Crippen LogP contribution >= 0.6 is 0 Å². The molecule has 7 nitrogen and oxygen atoms in total. The summed E-state index contributed by atoms with van der Waals surface area (Å²) in [5, 5.41) is 2.95. The van der Waals surface area contributed by atoms with E-state index in [2.05, 4.69) is 11.9 Å². The van der Waals surface area contributed by atoms with Crippen LogP contribution in [-0.2, 0) is 35.1 Å². The Bertz CT molecular complexity index is 877. The fourth-order valence-corrected chi connectivity index (χ4v) is 4.01. The van der Waals surface area contributed by atoms with E-state index in [9.17, 15) is 4.79 Å². The lowest BCUT2D eigenvalue weighted by atomic mass is 9.95. The number of rotatable bonds is 8. The van der Waals surface area contributed by atoms with Gasteiger partial charge in [-0.2, -0.15) is 0 Å². The zero-order chi connectivity index (χ0) is 22.3. The van der Waals surface area contributed by atoms with Gasteiger partial charge >= 0.3 is 0 Å². The van der Waals surface area contributed by atoms with Gasteiger partial charge in [0.2, 0.25) is 5.91 Å². The second-order valence-electron chi connectivity index (χ2n) is 7.83. The first-order valence-corrected chi connectivity index (χ1v) is 10.8. The van der Waals surface area contributed by atoms with Crippen LogP contribution in [-0.4, -0.2) is 49.8 Å². The number of ether oxygens (including phenoxy) is 5. The Kier molecular flexibility index (Phi) is 7.68. The lowest BCUT2D eigenvalue weighted by Gasteiger charge is -2.49. The molecule has 0 bridgehead atoms. The van der Waals surface area contributed by atoms with Gasteiger partial charge in [0.15, 0.2) is 12.6 Å². The SMILES string of the molecule is C=CCO[C@@H]1[C@H](NC(C)=O)[C@@H](OCc2ccccc2)OC2COC(c3ccccc3)O[C@H]21. The van der Waals surface area contributed by atoms with Crippen molar-refractivity contribution in [2.45, 2.75) is 50.5 Å². The summed E-state index contributed by atoms with van der Waals surface area (Å²) in [6, 6.07) is 18.9. The Morgan fingerprint density at radius 3 is 2.50 bits per heavy atom. The number of carbonyl (C=O) groups excluding carboxylic acids is 1. The van der Waals surface area contributed by atoms with Gasteiger partial charge < -0.3 is 29.0 Å². The van der Waals surface area contributed by atoms with Gasteiger partial charge in [-0.05, 0) is 5.56 Å². The van der Waals surface area contributed by atoms with Crippen molar-refractivity contribution in [3.05, 3.63) is 84.4 Å². The number of carbonyl (C=O) groups is 1. The topological polar surface area (TPSA) is 75.3 Å². The molecule has 7 heteroatoms. The van der Waals surface area contributed by atoms with E-state index in [4.69, 9.17) is 23.7 Å². The lowest BCUT2D eigenvalue weighted by Crippen LogP contribution is -2.67. The third-order valence-corrected chi connectivity index (χ3v) is 5.44. The number of benzene rings is 2. The molecular formula is C25H29NO6. The van der Waals surface area contributed by atoms with Gasteiger partial charge in [-0.15, -0.1) is 6.58 Å². The van der Waals surface area contributed by atoms with E-state index >= 15 is 0 Å². The maximum absolute atomic E-state index is 12.0. The van der Waals surface area contributed by atoms with Gasteiger partial charge in [0, 0.05) is 12.5 Å². The molecule has 0 aromatic heterocycles. The number of nitrogens with one attached hydrogen (secondary N) is 1. The maximum Gasteiger partial charge on any atom is 0.217 e. The van der Waals surface area contributed by atoms with Crippen molar-refractivity contribution in [1.82, 2.24) is 5.32 Å². The molecule has 1 N–H and O–H groups in total. The van der Waals surface area contributed by atoms with Crippen LogP contribution < -0.4 is 5.32 Å². The molecule has 2 saturated heterocycles. The zero-order valence-corrected chi connectivity index (χ0v) is 18.1. The number of fused-ring (bicyclic) bond motifs is 1. The summed E-state index contributed by atoms with van der Waals surface area (Å²) < 4.78 is 30.7. The highest BCUT2D eigenvalue weighted by atomic mass is 16.7. The summed E-state index contributed by atoms with van der Waals surface area (Å²) in [5.41, 5.74) is 1.91. The van der Waals surface area contributed by atoms with Crippen molar-refractivity contribution < 1.29 is 28.5 Å². The summed E-state index contributed by atoms with van der Waals surface area (Å²) in [7, 11) is 0. The monoisotopic (exact) mass is 439 g/mol. The molecule has 2 fully saturated rings. The van der Waals surface area contributed by atoms with Crippen molar-refractivity contribution in [3.8, 4) is 0 Å². The number of hydrogen-bond donors (Lipinski definition) is 1. The Morgan fingerprint density at radius 1 is 1.09 bits per heavy atom. The molecule has 0 radical (unpaired) electrons.